The molecule has 0 aromatic heterocycles. The van der Waals surface area contributed by atoms with E-state index in [-0.39, 0.29) is 16.3 Å². The molecule has 0 amide bonds. The van der Waals surface area contributed by atoms with E-state index in [0.29, 0.717) is 5.69 Å². The number of nitrogen functional groups attached to an aromatic ring is 1. The molecule has 0 radical (unpaired) electrons. The Morgan fingerprint density at radius 1 is 1.35 bits per heavy atom. The van der Waals surface area contributed by atoms with E-state index in [1.807, 2.05) is 11.8 Å². The smallest absolute Gasteiger partial charge is 0.315 e. The van der Waals surface area contributed by atoms with Crippen molar-refractivity contribution < 1.29 is 4.92 Å². The van der Waals surface area contributed by atoms with Gasteiger partial charge < -0.3 is 10.6 Å². The van der Waals surface area contributed by atoms with Gasteiger partial charge in [-0.25, -0.2) is 0 Å². The summed E-state index contributed by atoms with van der Waals surface area (Å²) in [5, 5.41) is 11.1. The van der Waals surface area contributed by atoms with Crippen molar-refractivity contribution in [3.05, 3.63) is 28.3 Å². The van der Waals surface area contributed by atoms with Gasteiger partial charge in [-0.15, -0.1) is 0 Å². The van der Waals surface area contributed by atoms with Crippen LogP contribution in [0.2, 0.25) is 0 Å². The van der Waals surface area contributed by atoms with Crippen molar-refractivity contribution in [1.82, 2.24) is 0 Å². The minimum Gasteiger partial charge on any atom is -0.393 e. The highest BCUT2D eigenvalue weighted by Gasteiger charge is 2.22. The molecule has 0 atom stereocenters. The number of thioether (sulfide) groups is 1. The largest absolute Gasteiger partial charge is 0.393 e. The monoisotopic (exact) mass is 253 g/mol. The van der Waals surface area contributed by atoms with E-state index >= 15 is 0 Å². The average molecular weight is 253 g/mol. The topological polar surface area (TPSA) is 72.4 Å². The second-order valence-corrected chi connectivity index (χ2v) is 5.15. The van der Waals surface area contributed by atoms with Crippen LogP contribution in [0.25, 0.3) is 0 Å². The highest BCUT2D eigenvalue weighted by atomic mass is 32.2. The third-order valence-corrected chi connectivity index (χ3v) is 3.84. The molecule has 1 saturated heterocycles. The molecule has 1 aromatic rings. The summed E-state index contributed by atoms with van der Waals surface area (Å²) >= 11 is 1.89. The van der Waals surface area contributed by atoms with Crippen LogP contribution in [0.3, 0.4) is 0 Å². The van der Waals surface area contributed by atoms with Crippen molar-refractivity contribution in [3.8, 4) is 0 Å². The Kier molecular flexibility index (Phi) is 3.73. The molecule has 1 aliphatic rings. The summed E-state index contributed by atoms with van der Waals surface area (Å²) in [6.45, 7) is 1.70. The minimum absolute atomic E-state index is 0.0411. The van der Waals surface area contributed by atoms with E-state index in [0.717, 1.165) is 31.0 Å². The molecule has 0 bridgehead atoms. The molecule has 0 spiro atoms. The quantitative estimate of drug-likeness (QED) is 0.496. The molecule has 6 heteroatoms. The van der Waals surface area contributed by atoms with Gasteiger partial charge in [-0.3, -0.25) is 10.1 Å². The molecule has 17 heavy (non-hydrogen) atoms. The number of nitro groups is 1. The van der Waals surface area contributed by atoms with E-state index in [1.54, 1.807) is 18.2 Å². The molecule has 1 aliphatic heterocycles. The molecule has 0 unspecified atom stereocenters. The number of anilines is 2. The van der Waals surface area contributed by atoms with Crippen LogP contribution in [0.4, 0.5) is 17.1 Å². The third-order valence-electron chi connectivity index (χ3n) is 2.79. The van der Waals surface area contributed by atoms with Crippen LogP contribution in [-0.4, -0.2) is 29.5 Å². The fraction of sp³-hybridized carbons (Fsp3) is 0.455. The summed E-state index contributed by atoms with van der Waals surface area (Å²) in [4.78, 5) is 12.7. The van der Waals surface area contributed by atoms with Crippen LogP contribution in [0.1, 0.15) is 6.42 Å². The summed E-state index contributed by atoms with van der Waals surface area (Å²) in [5.41, 5.74) is 6.63. The SMILES string of the molecule is Nc1cccc(N2CCCSCC2)c1[N+](=O)[O-]. The first kappa shape index (κ1) is 12.0. The number of benzene rings is 1. The first-order chi connectivity index (χ1) is 8.20. The Labute approximate surface area is 104 Å². The fourth-order valence-electron chi connectivity index (χ4n) is 1.99. The lowest BCUT2D eigenvalue weighted by Gasteiger charge is -2.22. The van der Waals surface area contributed by atoms with Crippen LogP contribution in [0.5, 0.6) is 0 Å². The molecule has 1 fully saturated rings. The van der Waals surface area contributed by atoms with Crippen molar-refractivity contribution in [2.24, 2.45) is 0 Å². The summed E-state index contributed by atoms with van der Waals surface area (Å²) < 4.78 is 0. The van der Waals surface area contributed by atoms with E-state index in [2.05, 4.69) is 4.90 Å². The van der Waals surface area contributed by atoms with Gasteiger partial charge in [0.1, 0.15) is 11.4 Å². The maximum Gasteiger partial charge on any atom is 0.315 e. The number of nitro benzene ring substituents is 1. The van der Waals surface area contributed by atoms with E-state index < -0.39 is 0 Å². The van der Waals surface area contributed by atoms with Crippen molar-refractivity contribution >= 4 is 28.8 Å². The first-order valence-corrected chi connectivity index (χ1v) is 6.71. The van der Waals surface area contributed by atoms with Gasteiger partial charge in [-0.05, 0) is 24.3 Å². The number of nitrogens with zero attached hydrogens (tertiary/aromatic N) is 2. The lowest BCUT2D eigenvalue weighted by Crippen LogP contribution is -2.26. The zero-order valence-electron chi connectivity index (χ0n) is 9.46. The zero-order valence-corrected chi connectivity index (χ0v) is 10.3. The maximum absolute atomic E-state index is 11.1. The number of hydrogen-bond acceptors (Lipinski definition) is 5. The molecule has 5 nitrogen and oxygen atoms in total. The summed E-state index contributed by atoms with van der Waals surface area (Å²) in [6.07, 6.45) is 1.05. The van der Waals surface area contributed by atoms with Crippen molar-refractivity contribution in [3.63, 3.8) is 0 Å². The van der Waals surface area contributed by atoms with Gasteiger partial charge in [0.15, 0.2) is 0 Å². The summed E-state index contributed by atoms with van der Waals surface area (Å²) in [6, 6.07) is 5.13. The molecule has 92 valence electrons. The third kappa shape index (κ3) is 2.63. The van der Waals surface area contributed by atoms with E-state index in [9.17, 15) is 10.1 Å². The molecule has 0 saturated carbocycles. The van der Waals surface area contributed by atoms with Gasteiger partial charge in [0.2, 0.25) is 0 Å². The van der Waals surface area contributed by atoms with E-state index in [4.69, 9.17) is 5.73 Å². The second kappa shape index (κ2) is 5.27. The zero-order chi connectivity index (χ0) is 12.3. The van der Waals surface area contributed by atoms with Crippen molar-refractivity contribution in [2.75, 3.05) is 35.2 Å². The predicted octanol–water partition coefficient (Wildman–Crippen LogP) is 2.12. The van der Waals surface area contributed by atoms with Gasteiger partial charge in [-0.2, -0.15) is 11.8 Å². The molecular weight excluding hydrogens is 238 g/mol. The molecule has 2 rings (SSSR count). The average Bonchev–Trinajstić information content (AvgIpc) is 2.56. The Bertz CT molecular complexity index is 417. The lowest BCUT2D eigenvalue weighted by molar-refractivity contribution is -0.383. The van der Waals surface area contributed by atoms with Crippen molar-refractivity contribution in [2.45, 2.75) is 6.42 Å². The Balaban J connectivity index is 2.36. The van der Waals surface area contributed by atoms with Gasteiger partial charge in [0.25, 0.3) is 0 Å². The number of para-hydroxylation sites is 1. The van der Waals surface area contributed by atoms with Crippen molar-refractivity contribution in [1.29, 1.82) is 0 Å². The summed E-state index contributed by atoms with van der Waals surface area (Å²) in [5.74, 6) is 2.12. The van der Waals surface area contributed by atoms with Crippen LogP contribution in [0, 0.1) is 10.1 Å². The molecule has 0 aliphatic carbocycles. The molecule has 2 N–H and O–H groups in total. The number of nitrogens with two attached hydrogens (primary N) is 1. The minimum atomic E-state index is -0.386. The van der Waals surface area contributed by atoms with Crippen LogP contribution >= 0.6 is 11.8 Å². The first-order valence-electron chi connectivity index (χ1n) is 5.55. The highest BCUT2D eigenvalue weighted by molar-refractivity contribution is 7.99. The Morgan fingerprint density at radius 2 is 2.18 bits per heavy atom. The second-order valence-electron chi connectivity index (χ2n) is 3.93. The van der Waals surface area contributed by atoms with Crippen LogP contribution in [-0.2, 0) is 0 Å². The fourth-order valence-corrected chi connectivity index (χ4v) is 2.88. The molecule has 1 aromatic carbocycles. The summed E-state index contributed by atoms with van der Waals surface area (Å²) in [7, 11) is 0. The maximum atomic E-state index is 11.1. The van der Waals surface area contributed by atoms with Gasteiger partial charge in [0, 0.05) is 18.8 Å². The Morgan fingerprint density at radius 3 is 2.94 bits per heavy atom. The van der Waals surface area contributed by atoms with Crippen LogP contribution < -0.4 is 10.6 Å². The molecular formula is C11H15N3O2S. The number of rotatable bonds is 2. The van der Waals surface area contributed by atoms with Crippen LogP contribution in [0.15, 0.2) is 18.2 Å². The van der Waals surface area contributed by atoms with E-state index in [1.165, 1.54) is 0 Å². The van der Waals surface area contributed by atoms with Gasteiger partial charge >= 0.3 is 5.69 Å². The molecule has 1 heterocycles. The Hall–Kier alpha value is -1.43. The lowest BCUT2D eigenvalue weighted by atomic mass is 10.2. The van der Waals surface area contributed by atoms with Gasteiger partial charge in [0.05, 0.1) is 4.92 Å². The van der Waals surface area contributed by atoms with Gasteiger partial charge in [-0.1, -0.05) is 6.07 Å². The predicted molar refractivity (Wildman–Crippen MR) is 71.7 cm³/mol. The highest BCUT2D eigenvalue weighted by Crippen LogP contribution is 2.34. The number of hydrogen-bond donors (Lipinski definition) is 1. The normalized spacial score (nSPS) is 16.6. The standard InChI is InChI=1S/C11H15N3O2S/c12-9-3-1-4-10(11(9)14(15)16)13-5-2-7-17-8-6-13/h1,3-4H,2,5-8,12H2.